The predicted molar refractivity (Wildman–Crippen MR) is 134 cm³/mol. The van der Waals surface area contributed by atoms with Gasteiger partial charge in [0.25, 0.3) is 5.91 Å². The van der Waals surface area contributed by atoms with Crippen molar-refractivity contribution in [3.8, 4) is 0 Å². The van der Waals surface area contributed by atoms with Crippen molar-refractivity contribution in [3.05, 3.63) is 59.7 Å². The quantitative estimate of drug-likeness (QED) is 0.442. The molecule has 2 saturated heterocycles. The number of rotatable bonds is 8. The predicted octanol–water partition coefficient (Wildman–Crippen LogP) is 1.86. The standard InChI is InChI=1S/C26H34N4O4S/c1-17(2)14-28-25(31)19-4-3-5-22(12-19)35(33,34)21-8-6-18(7-9-21)15-29-26(32)24-13-20-16-27-11-10-23(20)30-24/h3-9,12,17,20,23-24,27,30H,10-11,13-16H2,1-2H3,(H,28,31)(H,29,32). The summed E-state index contributed by atoms with van der Waals surface area (Å²) >= 11 is 0. The Morgan fingerprint density at radius 3 is 2.54 bits per heavy atom. The first-order valence-electron chi connectivity index (χ1n) is 12.2. The number of carbonyl (C=O) groups is 2. The molecule has 188 valence electrons. The van der Waals surface area contributed by atoms with Crippen molar-refractivity contribution in [2.24, 2.45) is 11.8 Å². The second-order valence-electron chi connectivity index (χ2n) is 9.81. The van der Waals surface area contributed by atoms with Crippen molar-refractivity contribution in [2.75, 3.05) is 19.6 Å². The van der Waals surface area contributed by atoms with Crippen LogP contribution in [-0.2, 0) is 21.2 Å². The van der Waals surface area contributed by atoms with E-state index >= 15 is 0 Å². The number of piperidine rings is 1. The molecule has 4 N–H and O–H groups in total. The van der Waals surface area contributed by atoms with Crippen LogP contribution >= 0.6 is 0 Å². The summed E-state index contributed by atoms with van der Waals surface area (Å²) < 4.78 is 26.3. The van der Waals surface area contributed by atoms with Gasteiger partial charge in [-0.25, -0.2) is 8.42 Å². The fourth-order valence-corrected chi connectivity index (χ4v) is 5.95. The average molecular weight is 499 g/mol. The van der Waals surface area contributed by atoms with Gasteiger partial charge in [-0.3, -0.25) is 9.59 Å². The largest absolute Gasteiger partial charge is 0.352 e. The topological polar surface area (TPSA) is 116 Å². The van der Waals surface area contributed by atoms with Crippen LogP contribution in [0.25, 0.3) is 0 Å². The van der Waals surface area contributed by atoms with E-state index in [2.05, 4.69) is 21.3 Å². The van der Waals surface area contributed by atoms with Crippen LogP contribution in [0.4, 0.5) is 0 Å². The Kier molecular flexibility index (Phi) is 7.88. The smallest absolute Gasteiger partial charge is 0.251 e. The minimum absolute atomic E-state index is 0.0244. The van der Waals surface area contributed by atoms with Crippen LogP contribution in [0.1, 0.15) is 42.6 Å². The van der Waals surface area contributed by atoms with Crippen molar-refractivity contribution in [1.29, 1.82) is 0 Å². The van der Waals surface area contributed by atoms with Crippen molar-refractivity contribution >= 4 is 21.7 Å². The molecule has 2 fully saturated rings. The summed E-state index contributed by atoms with van der Waals surface area (Å²) in [5.41, 5.74) is 1.12. The number of carbonyl (C=O) groups excluding carboxylic acids is 2. The van der Waals surface area contributed by atoms with Crippen molar-refractivity contribution in [3.63, 3.8) is 0 Å². The van der Waals surface area contributed by atoms with Gasteiger partial charge in [0.1, 0.15) is 0 Å². The maximum absolute atomic E-state index is 13.1. The first-order valence-corrected chi connectivity index (χ1v) is 13.7. The average Bonchev–Trinajstić information content (AvgIpc) is 3.30. The molecule has 0 radical (unpaired) electrons. The van der Waals surface area contributed by atoms with E-state index in [1.165, 1.54) is 24.3 Å². The number of benzene rings is 2. The molecule has 4 rings (SSSR count). The van der Waals surface area contributed by atoms with Crippen LogP contribution in [0.2, 0.25) is 0 Å². The van der Waals surface area contributed by atoms with Crippen LogP contribution in [0.5, 0.6) is 0 Å². The molecular formula is C26H34N4O4S. The summed E-state index contributed by atoms with van der Waals surface area (Å²) in [5.74, 6) is 0.464. The number of sulfone groups is 1. The fourth-order valence-electron chi connectivity index (χ4n) is 4.64. The van der Waals surface area contributed by atoms with Crippen LogP contribution in [0, 0.1) is 11.8 Å². The summed E-state index contributed by atoms with van der Waals surface area (Å²) in [5, 5.41) is 12.6. The van der Waals surface area contributed by atoms with Gasteiger partial charge in [-0.2, -0.15) is 0 Å². The third kappa shape index (κ3) is 6.09. The highest BCUT2D eigenvalue weighted by atomic mass is 32.2. The lowest BCUT2D eigenvalue weighted by molar-refractivity contribution is -0.123. The van der Waals surface area contributed by atoms with E-state index < -0.39 is 9.84 Å². The lowest BCUT2D eigenvalue weighted by Crippen LogP contribution is -2.45. The first kappa shape index (κ1) is 25.3. The highest BCUT2D eigenvalue weighted by Gasteiger charge is 2.38. The number of hydrogen-bond acceptors (Lipinski definition) is 6. The van der Waals surface area contributed by atoms with Crippen LogP contribution < -0.4 is 21.3 Å². The monoisotopic (exact) mass is 498 g/mol. The minimum Gasteiger partial charge on any atom is -0.352 e. The molecule has 2 aromatic carbocycles. The molecular weight excluding hydrogens is 464 g/mol. The Hall–Kier alpha value is -2.75. The maximum Gasteiger partial charge on any atom is 0.251 e. The highest BCUT2D eigenvalue weighted by Crippen LogP contribution is 2.25. The van der Waals surface area contributed by atoms with E-state index in [-0.39, 0.29) is 27.6 Å². The van der Waals surface area contributed by atoms with E-state index in [9.17, 15) is 18.0 Å². The molecule has 9 heteroatoms. The van der Waals surface area contributed by atoms with Crippen LogP contribution in [0.3, 0.4) is 0 Å². The van der Waals surface area contributed by atoms with E-state index in [0.717, 1.165) is 31.5 Å². The van der Waals surface area contributed by atoms with Crippen LogP contribution in [-0.4, -0.2) is 52.0 Å². The van der Waals surface area contributed by atoms with E-state index in [0.29, 0.717) is 36.5 Å². The molecule has 3 unspecified atom stereocenters. The zero-order valence-corrected chi connectivity index (χ0v) is 21.0. The lowest BCUT2D eigenvalue weighted by Gasteiger charge is -2.25. The van der Waals surface area contributed by atoms with E-state index in [4.69, 9.17) is 0 Å². The van der Waals surface area contributed by atoms with Gasteiger partial charge in [-0.05, 0) is 73.7 Å². The second kappa shape index (κ2) is 10.9. The fraction of sp³-hybridized carbons (Fsp3) is 0.462. The third-order valence-electron chi connectivity index (χ3n) is 6.66. The second-order valence-corrected chi connectivity index (χ2v) is 11.8. The third-order valence-corrected chi connectivity index (χ3v) is 8.42. The molecule has 0 aromatic heterocycles. The van der Waals surface area contributed by atoms with Crippen molar-refractivity contribution in [2.45, 2.75) is 55.1 Å². The summed E-state index contributed by atoms with van der Waals surface area (Å²) in [6, 6.07) is 12.8. The first-order chi connectivity index (χ1) is 16.7. The molecule has 35 heavy (non-hydrogen) atoms. The molecule has 0 bridgehead atoms. The summed E-state index contributed by atoms with van der Waals surface area (Å²) in [6.45, 7) is 6.76. The van der Waals surface area contributed by atoms with Crippen LogP contribution in [0.15, 0.2) is 58.3 Å². The summed E-state index contributed by atoms with van der Waals surface area (Å²) in [6.07, 6.45) is 1.87. The molecule has 0 spiro atoms. The van der Waals surface area contributed by atoms with Gasteiger partial charge < -0.3 is 21.3 Å². The van der Waals surface area contributed by atoms with E-state index in [1.54, 1.807) is 24.3 Å². The maximum atomic E-state index is 13.1. The zero-order valence-electron chi connectivity index (χ0n) is 20.2. The highest BCUT2D eigenvalue weighted by molar-refractivity contribution is 7.91. The van der Waals surface area contributed by atoms with Crippen molar-refractivity contribution < 1.29 is 18.0 Å². The molecule has 2 aromatic rings. The summed E-state index contributed by atoms with van der Waals surface area (Å²) in [7, 11) is -3.78. The molecule has 2 heterocycles. The van der Waals surface area contributed by atoms with Gasteiger partial charge >= 0.3 is 0 Å². The Labute approximate surface area is 207 Å². The lowest BCUT2D eigenvalue weighted by atomic mass is 9.94. The molecule has 2 amide bonds. The number of hydrogen-bond donors (Lipinski definition) is 4. The van der Waals surface area contributed by atoms with Gasteiger partial charge in [0, 0.05) is 24.7 Å². The Bertz CT molecular complexity index is 1150. The Morgan fingerprint density at radius 2 is 1.83 bits per heavy atom. The number of nitrogens with one attached hydrogen (secondary N) is 4. The Balaban J connectivity index is 1.37. The van der Waals surface area contributed by atoms with Gasteiger partial charge in [0.15, 0.2) is 0 Å². The summed E-state index contributed by atoms with van der Waals surface area (Å²) in [4.78, 5) is 25.2. The molecule has 3 atom stereocenters. The SMILES string of the molecule is CC(C)CNC(=O)c1cccc(S(=O)(=O)c2ccc(CNC(=O)C3CC4CNCCC4N3)cc2)c1. The van der Waals surface area contributed by atoms with Gasteiger partial charge in [0.05, 0.1) is 15.8 Å². The molecule has 0 saturated carbocycles. The Morgan fingerprint density at radius 1 is 1.06 bits per heavy atom. The van der Waals surface area contributed by atoms with Gasteiger partial charge in [-0.15, -0.1) is 0 Å². The van der Waals surface area contributed by atoms with Gasteiger partial charge in [-0.1, -0.05) is 32.0 Å². The molecule has 0 aliphatic carbocycles. The van der Waals surface area contributed by atoms with Gasteiger partial charge in [0.2, 0.25) is 15.7 Å². The normalized spacial score (nSPS) is 22.0. The molecule has 8 nitrogen and oxygen atoms in total. The zero-order chi connectivity index (χ0) is 25.0. The number of amides is 2. The number of fused-ring (bicyclic) bond motifs is 1. The van der Waals surface area contributed by atoms with Crippen molar-refractivity contribution in [1.82, 2.24) is 21.3 Å². The molecule has 2 aliphatic rings. The molecule has 2 aliphatic heterocycles. The minimum atomic E-state index is -3.78. The van der Waals surface area contributed by atoms with E-state index in [1.807, 2.05) is 13.8 Å².